The zero-order valence-electron chi connectivity index (χ0n) is 7.70. The highest BCUT2D eigenvalue weighted by Crippen LogP contribution is 2.16. The summed E-state index contributed by atoms with van der Waals surface area (Å²) in [6.45, 7) is 4.18. The second-order valence-electron chi connectivity index (χ2n) is 2.59. The second-order valence-corrected chi connectivity index (χ2v) is 3.50. The molecule has 1 rings (SSSR count). The third kappa shape index (κ3) is 2.60. The SMILES string of the molecule is C#CCO/N=C(/C)c1sccc1C. The average molecular weight is 193 g/mol. The molecule has 0 saturated heterocycles. The lowest BCUT2D eigenvalue weighted by Gasteiger charge is -1.97. The van der Waals surface area contributed by atoms with Gasteiger partial charge >= 0.3 is 0 Å². The molecule has 0 amide bonds. The van der Waals surface area contributed by atoms with Gasteiger partial charge in [0.2, 0.25) is 0 Å². The number of hydrogen-bond donors (Lipinski definition) is 0. The van der Waals surface area contributed by atoms with Crippen molar-refractivity contribution >= 4 is 17.0 Å². The van der Waals surface area contributed by atoms with Crippen LogP contribution in [0.3, 0.4) is 0 Å². The lowest BCUT2D eigenvalue weighted by atomic mass is 10.2. The molecular weight excluding hydrogens is 182 g/mol. The number of thiophene rings is 1. The standard InChI is InChI=1S/C10H11NOS/c1-4-6-12-11-9(3)10-8(2)5-7-13-10/h1,5,7H,6H2,2-3H3/b11-9-. The lowest BCUT2D eigenvalue weighted by molar-refractivity contribution is 0.180. The van der Waals surface area contributed by atoms with Crippen molar-refractivity contribution in [1.29, 1.82) is 0 Å². The van der Waals surface area contributed by atoms with Crippen LogP contribution < -0.4 is 0 Å². The van der Waals surface area contributed by atoms with Gasteiger partial charge in [0.15, 0.2) is 6.61 Å². The summed E-state index contributed by atoms with van der Waals surface area (Å²) in [6.07, 6.45) is 5.02. The van der Waals surface area contributed by atoms with Crippen LogP contribution in [0, 0.1) is 19.3 Å². The van der Waals surface area contributed by atoms with Crippen molar-refractivity contribution in [1.82, 2.24) is 0 Å². The monoisotopic (exact) mass is 193 g/mol. The van der Waals surface area contributed by atoms with Gasteiger partial charge in [-0.25, -0.2) is 0 Å². The van der Waals surface area contributed by atoms with Crippen molar-refractivity contribution in [2.45, 2.75) is 13.8 Å². The maximum atomic E-state index is 5.02. The van der Waals surface area contributed by atoms with Gasteiger partial charge in [-0.1, -0.05) is 11.1 Å². The molecule has 0 N–H and O–H groups in total. The Morgan fingerprint density at radius 1 is 1.77 bits per heavy atom. The van der Waals surface area contributed by atoms with Gasteiger partial charge < -0.3 is 4.84 Å². The van der Waals surface area contributed by atoms with Gasteiger partial charge in [-0.05, 0) is 30.9 Å². The maximum absolute atomic E-state index is 5.02. The molecule has 0 radical (unpaired) electrons. The van der Waals surface area contributed by atoms with Gasteiger partial charge in [-0.2, -0.15) is 0 Å². The predicted molar refractivity (Wildman–Crippen MR) is 56.1 cm³/mol. The fourth-order valence-corrected chi connectivity index (χ4v) is 1.82. The Morgan fingerprint density at radius 3 is 3.08 bits per heavy atom. The van der Waals surface area contributed by atoms with E-state index in [1.165, 1.54) is 5.56 Å². The van der Waals surface area contributed by atoms with Crippen LogP contribution in [0.4, 0.5) is 0 Å². The number of rotatable bonds is 3. The molecule has 0 aromatic carbocycles. The van der Waals surface area contributed by atoms with E-state index in [2.05, 4.69) is 17.1 Å². The second kappa shape index (κ2) is 4.68. The number of oxime groups is 1. The molecule has 13 heavy (non-hydrogen) atoms. The Morgan fingerprint density at radius 2 is 2.54 bits per heavy atom. The highest BCUT2D eigenvalue weighted by molar-refractivity contribution is 7.12. The molecule has 0 aliphatic heterocycles. The predicted octanol–water partition coefficient (Wildman–Crippen LogP) is 2.43. The van der Waals surface area contributed by atoms with Crippen LogP contribution in [0.15, 0.2) is 16.6 Å². The van der Waals surface area contributed by atoms with E-state index in [4.69, 9.17) is 11.3 Å². The van der Waals surface area contributed by atoms with Crippen LogP contribution in [-0.4, -0.2) is 12.3 Å². The van der Waals surface area contributed by atoms with Gasteiger partial charge in [0.05, 0.1) is 10.6 Å². The van der Waals surface area contributed by atoms with E-state index in [0.717, 1.165) is 10.6 Å². The maximum Gasteiger partial charge on any atom is 0.177 e. The average Bonchev–Trinajstić information content (AvgIpc) is 2.52. The fraction of sp³-hybridized carbons (Fsp3) is 0.300. The zero-order chi connectivity index (χ0) is 9.68. The van der Waals surface area contributed by atoms with E-state index < -0.39 is 0 Å². The first-order chi connectivity index (χ1) is 6.25. The molecule has 0 saturated carbocycles. The molecule has 2 nitrogen and oxygen atoms in total. The molecule has 1 aromatic rings. The van der Waals surface area contributed by atoms with E-state index in [9.17, 15) is 0 Å². The first kappa shape index (κ1) is 9.82. The molecule has 68 valence electrons. The number of nitrogens with zero attached hydrogens (tertiary/aromatic N) is 1. The molecule has 0 bridgehead atoms. The van der Waals surface area contributed by atoms with Crippen LogP contribution >= 0.6 is 11.3 Å². The minimum Gasteiger partial charge on any atom is -0.382 e. The van der Waals surface area contributed by atoms with Crippen molar-refractivity contribution in [2.75, 3.05) is 6.61 Å². The summed E-state index contributed by atoms with van der Waals surface area (Å²) in [5, 5.41) is 5.93. The fourth-order valence-electron chi connectivity index (χ4n) is 0.951. The van der Waals surface area contributed by atoms with Crippen molar-refractivity contribution in [3.05, 3.63) is 21.9 Å². The molecule has 0 spiro atoms. The largest absolute Gasteiger partial charge is 0.382 e. The molecule has 0 unspecified atom stereocenters. The van der Waals surface area contributed by atoms with Gasteiger partial charge in [-0.3, -0.25) is 0 Å². The minimum atomic E-state index is 0.224. The van der Waals surface area contributed by atoms with Gasteiger partial charge in [0.25, 0.3) is 0 Å². The van der Waals surface area contributed by atoms with Crippen LogP contribution in [0.1, 0.15) is 17.4 Å². The van der Waals surface area contributed by atoms with Crippen molar-refractivity contribution in [3.8, 4) is 12.3 Å². The summed E-state index contributed by atoms with van der Waals surface area (Å²) in [5.41, 5.74) is 2.10. The van der Waals surface area contributed by atoms with E-state index in [0.29, 0.717) is 0 Å². The Kier molecular flexibility index (Phi) is 3.53. The van der Waals surface area contributed by atoms with E-state index >= 15 is 0 Å². The minimum absolute atomic E-state index is 0.224. The highest BCUT2D eigenvalue weighted by atomic mass is 32.1. The Balaban J connectivity index is 2.68. The highest BCUT2D eigenvalue weighted by Gasteiger charge is 2.02. The smallest absolute Gasteiger partial charge is 0.177 e. The van der Waals surface area contributed by atoms with Crippen LogP contribution in [0.2, 0.25) is 0 Å². The third-order valence-corrected chi connectivity index (χ3v) is 2.67. The molecule has 0 fully saturated rings. The molecule has 0 aliphatic rings. The van der Waals surface area contributed by atoms with Crippen LogP contribution in [0.5, 0.6) is 0 Å². The van der Waals surface area contributed by atoms with E-state index in [1.54, 1.807) is 11.3 Å². The van der Waals surface area contributed by atoms with Gasteiger partial charge in [0.1, 0.15) is 0 Å². The van der Waals surface area contributed by atoms with Gasteiger partial charge in [-0.15, -0.1) is 17.8 Å². The molecule has 0 aliphatic carbocycles. The summed E-state index contributed by atoms with van der Waals surface area (Å²) >= 11 is 1.65. The van der Waals surface area contributed by atoms with E-state index in [1.807, 2.05) is 19.2 Å². The van der Waals surface area contributed by atoms with E-state index in [-0.39, 0.29) is 6.61 Å². The summed E-state index contributed by atoms with van der Waals surface area (Å²) in [7, 11) is 0. The Labute approximate surface area is 82.2 Å². The zero-order valence-corrected chi connectivity index (χ0v) is 8.52. The molecule has 1 heterocycles. The quantitative estimate of drug-likeness (QED) is 0.313. The Hall–Kier alpha value is -1.27. The van der Waals surface area contributed by atoms with Crippen molar-refractivity contribution in [2.24, 2.45) is 5.16 Å². The summed E-state index contributed by atoms with van der Waals surface area (Å²) in [6, 6.07) is 2.06. The summed E-state index contributed by atoms with van der Waals surface area (Å²) in [5.74, 6) is 2.36. The van der Waals surface area contributed by atoms with Crippen molar-refractivity contribution < 1.29 is 4.84 Å². The normalized spacial score (nSPS) is 11.0. The number of hydrogen-bond acceptors (Lipinski definition) is 3. The topological polar surface area (TPSA) is 21.6 Å². The molecular formula is C10H11NOS. The Bertz CT molecular complexity index is 346. The third-order valence-electron chi connectivity index (χ3n) is 1.54. The molecule has 3 heteroatoms. The lowest BCUT2D eigenvalue weighted by Crippen LogP contribution is -1.95. The van der Waals surface area contributed by atoms with Crippen LogP contribution in [0.25, 0.3) is 0 Å². The first-order valence-electron chi connectivity index (χ1n) is 3.90. The molecule has 1 aromatic heterocycles. The van der Waals surface area contributed by atoms with Crippen molar-refractivity contribution in [3.63, 3.8) is 0 Å². The summed E-state index contributed by atoms with van der Waals surface area (Å²) < 4.78 is 0. The summed E-state index contributed by atoms with van der Waals surface area (Å²) in [4.78, 5) is 6.03. The van der Waals surface area contributed by atoms with Crippen LogP contribution in [-0.2, 0) is 4.84 Å². The van der Waals surface area contributed by atoms with Gasteiger partial charge in [0, 0.05) is 0 Å². The first-order valence-corrected chi connectivity index (χ1v) is 4.78. The number of terminal acetylenes is 1. The molecule has 0 atom stereocenters. The number of aryl methyl sites for hydroxylation is 1.